The van der Waals surface area contributed by atoms with Gasteiger partial charge in [-0.15, -0.1) is 0 Å². The van der Waals surface area contributed by atoms with Crippen molar-refractivity contribution in [2.24, 2.45) is 0 Å². The predicted molar refractivity (Wildman–Crippen MR) is 89.0 cm³/mol. The van der Waals surface area contributed by atoms with Crippen LogP contribution in [0.3, 0.4) is 0 Å². The quantitative estimate of drug-likeness (QED) is 0.709. The molecule has 0 unspecified atom stereocenters. The molecule has 7 heteroatoms. The molecule has 6 nitrogen and oxygen atoms in total. The minimum atomic E-state index is -0.385. The Hall–Kier alpha value is -2.31. The second-order valence-electron chi connectivity index (χ2n) is 4.84. The summed E-state index contributed by atoms with van der Waals surface area (Å²) in [5.74, 6) is -0.266. The summed E-state index contributed by atoms with van der Waals surface area (Å²) in [6.45, 7) is 2.34. The molecule has 0 aliphatic heterocycles. The van der Waals surface area contributed by atoms with E-state index in [1.165, 1.54) is 11.0 Å². The number of ketones is 1. The van der Waals surface area contributed by atoms with Crippen LogP contribution in [0.2, 0.25) is 5.02 Å². The van der Waals surface area contributed by atoms with Gasteiger partial charge in [-0.3, -0.25) is 4.79 Å². The average Bonchev–Trinajstić information content (AvgIpc) is 3.07. The van der Waals surface area contributed by atoms with Gasteiger partial charge in [0.2, 0.25) is 5.78 Å². The maximum atomic E-state index is 12.5. The number of anilines is 1. The van der Waals surface area contributed by atoms with E-state index < -0.39 is 0 Å². The van der Waals surface area contributed by atoms with Gasteiger partial charge in [0.25, 0.3) is 0 Å². The van der Waals surface area contributed by atoms with Crippen molar-refractivity contribution in [2.75, 3.05) is 25.0 Å². The molecule has 1 aromatic heterocycles. The number of nitrogens with zero attached hydrogens (tertiary/aromatic N) is 1. The van der Waals surface area contributed by atoms with Crippen molar-refractivity contribution in [1.82, 2.24) is 9.88 Å². The number of carbonyl (C=O) groups is 2. The second-order valence-corrected chi connectivity index (χ2v) is 5.27. The van der Waals surface area contributed by atoms with Crippen LogP contribution in [0.1, 0.15) is 23.0 Å². The number of H-pyrrole nitrogens is 1. The largest absolute Gasteiger partial charge is 0.395 e. The fourth-order valence-corrected chi connectivity index (χ4v) is 2.32. The maximum absolute atomic E-state index is 12.5. The average molecular weight is 336 g/mol. The third-order valence-electron chi connectivity index (χ3n) is 3.35. The first-order valence-electron chi connectivity index (χ1n) is 7.21. The molecule has 0 radical (unpaired) electrons. The molecule has 1 heterocycles. The Balaban J connectivity index is 2.29. The van der Waals surface area contributed by atoms with Crippen LogP contribution < -0.4 is 5.32 Å². The van der Waals surface area contributed by atoms with E-state index in [4.69, 9.17) is 16.7 Å². The highest BCUT2D eigenvalue weighted by atomic mass is 35.5. The molecule has 3 N–H and O–H groups in total. The summed E-state index contributed by atoms with van der Waals surface area (Å²) in [5, 5.41) is 12.1. The predicted octanol–water partition coefficient (Wildman–Crippen LogP) is 2.75. The van der Waals surface area contributed by atoms with Crippen LogP contribution in [-0.4, -0.2) is 46.5 Å². The molecule has 0 atom stereocenters. The zero-order valence-corrected chi connectivity index (χ0v) is 13.4. The Morgan fingerprint density at radius 3 is 2.74 bits per heavy atom. The van der Waals surface area contributed by atoms with E-state index in [9.17, 15) is 9.59 Å². The molecule has 0 saturated carbocycles. The van der Waals surface area contributed by atoms with Crippen LogP contribution in [0.15, 0.2) is 36.5 Å². The standard InChI is InChI=1S/C16H18ClN3O3/c1-2-20(8-9-21)16(23)19-13-6-5-11(17)10-12(13)15(22)14-4-3-7-18-14/h3-7,10,18,21H,2,8-9H2,1H3,(H,19,23). The van der Waals surface area contributed by atoms with Gasteiger partial charge < -0.3 is 20.3 Å². The number of aromatic nitrogens is 1. The van der Waals surface area contributed by atoms with E-state index >= 15 is 0 Å². The molecule has 0 aliphatic carbocycles. The van der Waals surface area contributed by atoms with Crippen molar-refractivity contribution in [2.45, 2.75) is 6.92 Å². The molecule has 0 aliphatic rings. The van der Waals surface area contributed by atoms with E-state index in [0.29, 0.717) is 28.5 Å². The van der Waals surface area contributed by atoms with Crippen LogP contribution in [0, 0.1) is 0 Å². The van der Waals surface area contributed by atoms with E-state index in [1.807, 2.05) is 6.92 Å². The molecule has 0 fully saturated rings. The van der Waals surface area contributed by atoms with Crippen molar-refractivity contribution in [3.05, 3.63) is 52.8 Å². The smallest absolute Gasteiger partial charge is 0.321 e. The van der Waals surface area contributed by atoms with Crippen LogP contribution in [-0.2, 0) is 0 Å². The number of benzene rings is 1. The Bertz CT molecular complexity index is 686. The number of hydrogen-bond donors (Lipinski definition) is 3. The summed E-state index contributed by atoms with van der Waals surface area (Å²) in [6, 6.07) is 7.69. The lowest BCUT2D eigenvalue weighted by atomic mass is 10.1. The lowest BCUT2D eigenvalue weighted by molar-refractivity contribution is 0.103. The van der Waals surface area contributed by atoms with Crippen LogP contribution in [0.5, 0.6) is 0 Å². The molecule has 0 spiro atoms. The zero-order valence-electron chi connectivity index (χ0n) is 12.7. The monoisotopic (exact) mass is 335 g/mol. The molecule has 122 valence electrons. The SMILES string of the molecule is CCN(CCO)C(=O)Nc1ccc(Cl)cc1C(=O)c1ccc[nH]1. The minimum Gasteiger partial charge on any atom is -0.395 e. The van der Waals surface area contributed by atoms with Gasteiger partial charge in [-0.2, -0.15) is 0 Å². The van der Waals surface area contributed by atoms with Crippen molar-refractivity contribution in [3.8, 4) is 0 Å². The first-order chi connectivity index (χ1) is 11.1. The van der Waals surface area contributed by atoms with E-state index in [0.717, 1.165) is 0 Å². The molecular weight excluding hydrogens is 318 g/mol. The first kappa shape index (κ1) is 17.1. The summed E-state index contributed by atoms with van der Waals surface area (Å²) in [7, 11) is 0. The van der Waals surface area contributed by atoms with Crippen LogP contribution >= 0.6 is 11.6 Å². The van der Waals surface area contributed by atoms with Gasteiger partial charge in [0, 0.05) is 29.9 Å². The summed E-state index contributed by atoms with van der Waals surface area (Å²) >= 11 is 5.98. The van der Waals surface area contributed by atoms with Crippen molar-refractivity contribution in [1.29, 1.82) is 0 Å². The number of likely N-dealkylation sites (N-methyl/N-ethyl adjacent to an activating group) is 1. The normalized spacial score (nSPS) is 10.4. The summed E-state index contributed by atoms with van der Waals surface area (Å²) in [4.78, 5) is 29.0. The first-order valence-corrected chi connectivity index (χ1v) is 7.59. The van der Waals surface area contributed by atoms with Gasteiger partial charge in [-0.05, 0) is 37.3 Å². The summed E-state index contributed by atoms with van der Waals surface area (Å²) < 4.78 is 0. The molecular formula is C16H18ClN3O3. The van der Waals surface area contributed by atoms with E-state index in [2.05, 4.69) is 10.3 Å². The lowest BCUT2D eigenvalue weighted by Crippen LogP contribution is -2.37. The second kappa shape index (κ2) is 7.80. The minimum absolute atomic E-state index is 0.129. The Morgan fingerprint density at radius 1 is 1.35 bits per heavy atom. The number of aliphatic hydroxyl groups is 1. The molecule has 1 aromatic carbocycles. The van der Waals surface area contributed by atoms with Gasteiger partial charge in [-0.1, -0.05) is 11.6 Å². The Morgan fingerprint density at radius 2 is 2.13 bits per heavy atom. The van der Waals surface area contributed by atoms with Crippen molar-refractivity contribution < 1.29 is 14.7 Å². The highest BCUT2D eigenvalue weighted by molar-refractivity contribution is 6.31. The fraction of sp³-hybridized carbons (Fsp3) is 0.250. The number of carbonyl (C=O) groups excluding carboxylic acids is 2. The van der Waals surface area contributed by atoms with Gasteiger partial charge in [0.15, 0.2) is 0 Å². The summed E-state index contributed by atoms with van der Waals surface area (Å²) in [6.07, 6.45) is 1.65. The van der Waals surface area contributed by atoms with Gasteiger partial charge >= 0.3 is 6.03 Å². The molecule has 2 rings (SSSR count). The molecule has 0 saturated heterocycles. The van der Waals surface area contributed by atoms with Gasteiger partial charge in [0.1, 0.15) is 0 Å². The van der Waals surface area contributed by atoms with Gasteiger partial charge in [0.05, 0.1) is 18.0 Å². The number of amides is 2. The Labute approximate surface area is 139 Å². The number of rotatable bonds is 6. The number of urea groups is 1. The van der Waals surface area contributed by atoms with Crippen molar-refractivity contribution >= 4 is 29.1 Å². The van der Waals surface area contributed by atoms with Crippen LogP contribution in [0.25, 0.3) is 0 Å². The number of hydrogen-bond acceptors (Lipinski definition) is 3. The molecule has 2 amide bonds. The zero-order chi connectivity index (χ0) is 16.8. The number of halogens is 1. The Kier molecular flexibility index (Phi) is 5.78. The number of aliphatic hydroxyl groups excluding tert-OH is 1. The highest BCUT2D eigenvalue weighted by Crippen LogP contribution is 2.23. The number of nitrogens with one attached hydrogen (secondary N) is 2. The third-order valence-corrected chi connectivity index (χ3v) is 3.58. The van der Waals surface area contributed by atoms with Gasteiger partial charge in [-0.25, -0.2) is 4.79 Å². The summed E-state index contributed by atoms with van der Waals surface area (Å²) in [5.41, 5.74) is 1.08. The maximum Gasteiger partial charge on any atom is 0.321 e. The fourth-order valence-electron chi connectivity index (χ4n) is 2.15. The van der Waals surface area contributed by atoms with Crippen molar-refractivity contribution in [3.63, 3.8) is 0 Å². The van der Waals surface area contributed by atoms with E-state index in [-0.39, 0.29) is 25.0 Å². The number of aromatic amines is 1. The topological polar surface area (TPSA) is 85.4 Å². The third kappa shape index (κ3) is 4.12. The molecule has 0 bridgehead atoms. The highest BCUT2D eigenvalue weighted by Gasteiger charge is 2.18. The molecule has 2 aromatic rings. The van der Waals surface area contributed by atoms with Crippen LogP contribution in [0.4, 0.5) is 10.5 Å². The molecule has 23 heavy (non-hydrogen) atoms. The van der Waals surface area contributed by atoms with E-state index in [1.54, 1.807) is 30.5 Å². The lowest BCUT2D eigenvalue weighted by Gasteiger charge is -2.21.